The third-order valence-electron chi connectivity index (χ3n) is 5.80. The van der Waals surface area contributed by atoms with Crippen molar-refractivity contribution < 1.29 is 9.84 Å². The first-order valence-corrected chi connectivity index (χ1v) is 11.1. The van der Waals surface area contributed by atoms with Crippen LogP contribution in [0.4, 0.5) is 0 Å². The van der Waals surface area contributed by atoms with E-state index in [0.29, 0.717) is 6.61 Å². The lowest BCUT2D eigenvalue weighted by molar-refractivity contribution is 0.237. The number of aromatic hydroxyl groups is 1. The first-order chi connectivity index (χ1) is 15.2. The van der Waals surface area contributed by atoms with Crippen LogP contribution in [0.1, 0.15) is 43.0 Å². The Morgan fingerprint density at radius 3 is 2.32 bits per heavy atom. The Morgan fingerprint density at radius 1 is 0.935 bits per heavy atom. The third kappa shape index (κ3) is 5.33. The molecule has 1 fully saturated rings. The predicted molar refractivity (Wildman–Crippen MR) is 126 cm³/mol. The average Bonchev–Trinajstić information content (AvgIpc) is 3.33. The topological polar surface area (TPSA) is 45.6 Å². The van der Waals surface area contributed by atoms with Crippen LogP contribution in [0.15, 0.2) is 72.9 Å². The quantitative estimate of drug-likeness (QED) is 0.485. The van der Waals surface area contributed by atoms with E-state index >= 15 is 0 Å². The Labute approximate surface area is 184 Å². The monoisotopic (exact) mass is 414 g/mol. The number of allylic oxidation sites excluding steroid dienone is 1. The molecule has 1 saturated heterocycles. The smallest absolute Gasteiger partial charge is 0.137 e. The highest BCUT2D eigenvalue weighted by Crippen LogP contribution is 2.34. The number of rotatable bonds is 8. The van der Waals surface area contributed by atoms with E-state index < -0.39 is 0 Å². The highest BCUT2D eigenvalue weighted by Gasteiger charge is 2.15. The van der Waals surface area contributed by atoms with Crippen LogP contribution in [0.2, 0.25) is 0 Å². The number of phenols is 1. The molecule has 3 aromatic rings. The number of nitrogens with zero attached hydrogens (tertiary/aromatic N) is 2. The number of phenolic OH excluding ortho intramolecular Hbond substituents is 1. The molecular formula is C27H30N2O2. The second-order valence-electron chi connectivity index (χ2n) is 7.90. The zero-order valence-electron chi connectivity index (χ0n) is 18.1. The van der Waals surface area contributed by atoms with Crippen molar-refractivity contribution in [2.24, 2.45) is 0 Å². The standard InChI is InChI=1S/C27H30N2O2/c1-2-25(21-8-4-3-5-9-21)27(22-10-12-23(30)13-11-22)26-15-14-24(20-28-26)31-19-18-29-16-6-7-17-29/h3-5,8-15,20,30H,2,6-7,16-19H2,1H3/b27-25-. The molecular weight excluding hydrogens is 384 g/mol. The molecule has 0 bridgehead atoms. The lowest BCUT2D eigenvalue weighted by Crippen LogP contribution is -2.25. The van der Waals surface area contributed by atoms with Gasteiger partial charge in [0, 0.05) is 12.1 Å². The van der Waals surface area contributed by atoms with Crippen LogP contribution in [0.25, 0.3) is 11.1 Å². The highest BCUT2D eigenvalue weighted by atomic mass is 16.5. The number of hydrogen-bond donors (Lipinski definition) is 1. The Morgan fingerprint density at radius 2 is 1.68 bits per heavy atom. The molecule has 4 heteroatoms. The fraction of sp³-hybridized carbons (Fsp3) is 0.296. The van der Waals surface area contributed by atoms with Crippen molar-refractivity contribution in [1.29, 1.82) is 0 Å². The summed E-state index contributed by atoms with van der Waals surface area (Å²) in [6.07, 6.45) is 5.28. The lowest BCUT2D eigenvalue weighted by atomic mass is 9.90. The molecule has 160 valence electrons. The van der Waals surface area contributed by atoms with Crippen LogP contribution in [0.5, 0.6) is 11.5 Å². The zero-order chi connectivity index (χ0) is 21.5. The summed E-state index contributed by atoms with van der Waals surface area (Å²) < 4.78 is 5.94. The van der Waals surface area contributed by atoms with Gasteiger partial charge in [-0.2, -0.15) is 0 Å². The minimum atomic E-state index is 0.260. The summed E-state index contributed by atoms with van der Waals surface area (Å²) in [5.41, 5.74) is 5.42. The summed E-state index contributed by atoms with van der Waals surface area (Å²) in [4.78, 5) is 7.21. The number of ether oxygens (including phenoxy) is 1. The summed E-state index contributed by atoms with van der Waals surface area (Å²) in [7, 11) is 0. The van der Waals surface area contributed by atoms with Crippen molar-refractivity contribution in [3.63, 3.8) is 0 Å². The molecule has 0 unspecified atom stereocenters. The Hall–Kier alpha value is -3.11. The molecule has 1 aromatic heterocycles. The summed E-state index contributed by atoms with van der Waals surface area (Å²) in [6, 6.07) is 21.8. The molecule has 4 nitrogen and oxygen atoms in total. The van der Waals surface area contributed by atoms with Gasteiger partial charge in [-0.05, 0) is 73.3 Å². The van der Waals surface area contributed by atoms with Gasteiger partial charge in [0.15, 0.2) is 0 Å². The minimum absolute atomic E-state index is 0.260. The molecule has 31 heavy (non-hydrogen) atoms. The summed E-state index contributed by atoms with van der Waals surface area (Å²) in [5.74, 6) is 1.06. The van der Waals surface area contributed by atoms with Crippen LogP contribution >= 0.6 is 0 Å². The van der Waals surface area contributed by atoms with Crippen molar-refractivity contribution in [2.45, 2.75) is 26.2 Å². The van der Waals surface area contributed by atoms with E-state index in [1.807, 2.05) is 36.5 Å². The van der Waals surface area contributed by atoms with Gasteiger partial charge in [0.25, 0.3) is 0 Å². The third-order valence-corrected chi connectivity index (χ3v) is 5.80. The highest BCUT2D eigenvalue weighted by molar-refractivity contribution is 5.97. The van der Waals surface area contributed by atoms with Gasteiger partial charge in [0.05, 0.1) is 11.9 Å². The predicted octanol–water partition coefficient (Wildman–Crippen LogP) is 5.63. The molecule has 0 aliphatic carbocycles. The summed E-state index contributed by atoms with van der Waals surface area (Å²) >= 11 is 0. The van der Waals surface area contributed by atoms with Gasteiger partial charge in [-0.25, -0.2) is 0 Å². The van der Waals surface area contributed by atoms with E-state index in [4.69, 9.17) is 9.72 Å². The molecule has 1 aliphatic rings. The van der Waals surface area contributed by atoms with Gasteiger partial charge in [-0.15, -0.1) is 0 Å². The first-order valence-electron chi connectivity index (χ1n) is 11.1. The van der Waals surface area contributed by atoms with E-state index in [2.05, 4.69) is 36.1 Å². The van der Waals surface area contributed by atoms with Crippen LogP contribution in [0, 0.1) is 0 Å². The van der Waals surface area contributed by atoms with Gasteiger partial charge in [-0.3, -0.25) is 9.88 Å². The van der Waals surface area contributed by atoms with Crippen molar-refractivity contribution in [3.05, 3.63) is 89.7 Å². The SMILES string of the molecule is CC/C(=C(\c1ccc(O)cc1)c1ccc(OCCN2CCCC2)cn1)c1ccccc1. The summed E-state index contributed by atoms with van der Waals surface area (Å²) in [5, 5.41) is 9.77. The van der Waals surface area contributed by atoms with Crippen LogP contribution in [-0.4, -0.2) is 41.2 Å². The van der Waals surface area contributed by atoms with Gasteiger partial charge < -0.3 is 9.84 Å². The normalized spacial score (nSPS) is 15.0. The van der Waals surface area contributed by atoms with E-state index in [0.717, 1.165) is 35.5 Å². The number of likely N-dealkylation sites (tertiary alicyclic amines) is 1. The Bertz CT molecular complexity index is 990. The van der Waals surface area contributed by atoms with Gasteiger partial charge in [0.2, 0.25) is 0 Å². The fourth-order valence-corrected chi connectivity index (χ4v) is 4.18. The fourth-order valence-electron chi connectivity index (χ4n) is 4.18. The molecule has 0 spiro atoms. The first kappa shape index (κ1) is 21.1. The van der Waals surface area contributed by atoms with E-state index in [-0.39, 0.29) is 5.75 Å². The van der Waals surface area contributed by atoms with Crippen molar-refractivity contribution in [2.75, 3.05) is 26.2 Å². The molecule has 1 aliphatic heterocycles. The van der Waals surface area contributed by atoms with E-state index in [1.54, 1.807) is 12.1 Å². The number of pyridine rings is 1. The minimum Gasteiger partial charge on any atom is -0.508 e. The maximum Gasteiger partial charge on any atom is 0.137 e. The zero-order valence-corrected chi connectivity index (χ0v) is 18.1. The summed E-state index contributed by atoms with van der Waals surface area (Å²) in [6.45, 7) is 6.18. The molecule has 0 radical (unpaired) electrons. The van der Waals surface area contributed by atoms with Crippen LogP contribution in [0.3, 0.4) is 0 Å². The van der Waals surface area contributed by atoms with Crippen LogP contribution in [-0.2, 0) is 0 Å². The van der Waals surface area contributed by atoms with Gasteiger partial charge in [0.1, 0.15) is 18.1 Å². The number of benzene rings is 2. The Balaban J connectivity index is 1.62. The molecule has 0 saturated carbocycles. The molecule has 4 rings (SSSR count). The molecule has 0 amide bonds. The van der Waals surface area contributed by atoms with E-state index in [1.165, 1.54) is 37.1 Å². The van der Waals surface area contributed by atoms with Crippen molar-refractivity contribution in [3.8, 4) is 11.5 Å². The molecule has 2 aromatic carbocycles. The average molecular weight is 415 g/mol. The second kappa shape index (κ2) is 10.3. The largest absolute Gasteiger partial charge is 0.508 e. The lowest BCUT2D eigenvalue weighted by Gasteiger charge is -2.17. The second-order valence-corrected chi connectivity index (χ2v) is 7.90. The number of aromatic nitrogens is 1. The van der Waals surface area contributed by atoms with Crippen molar-refractivity contribution >= 4 is 11.1 Å². The maximum atomic E-state index is 9.77. The molecule has 0 atom stereocenters. The maximum absolute atomic E-state index is 9.77. The number of hydrogen-bond acceptors (Lipinski definition) is 4. The van der Waals surface area contributed by atoms with Crippen molar-refractivity contribution in [1.82, 2.24) is 9.88 Å². The van der Waals surface area contributed by atoms with Gasteiger partial charge >= 0.3 is 0 Å². The Kier molecular flexibility index (Phi) is 7.00. The van der Waals surface area contributed by atoms with E-state index in [9.17, 15) is 5.11 Å². The van der Waals surface area contributed by atoms with Crippen LogP contribution < -0.4 is 4.74 Å². The van der Waals surface area contributed by atoms with Gasteiger partial charge in [-0.1, -0.05) is 49.4 Å². The molecule has 2 heterocycles. The molecule has 1 N–H and O–H groups in total.